The molecular weight excluding hydrogens is 518 g/mol. The third-order valence-electron chi connectivity index (χ3n) is 5.86. The number of phenols is 1. The number of rotatable bonds is 12. The molecule has 0 spiro atoms. The van der Waals surface area contributed by atoms with Gasteiger partial charge >= 0.3 is 18.2 Å². The average molecular weight is 558 g/mol. The normalized spacial score (nSPS) is 12.5. The van der Waals surface area contributed by atoms with Crippen LogP contribution in [-0.2, 0) is 32.1 Å². The van der Waals surface area contributed by atoms with Crippen LogP contribution in [0.15, 0.2) is 42.5 Å². The second-order valence-electron chi connectivity index (χ2n) is 10.5. The fourth-order valence-corrected chi connectivity index (χ4v) is 3.96. The van der Waals surface area contributed by atoms with E-state index >= 15 is 0 Å². The van der Waals surface area contributed by atoms with Crippen molar-refractivity contribution in [3.8, 4) is 5.75 Å². The van der Waals surface area contributed by atoms with Crippen molar-refractivity contribution < 1.29 is 38.9 Å². The largest absolute Gasteiger partial charge is 0.508 e. The van der Waals surface area contributed by atoms with E-state index in [1.807, 2.05) is 6.07 Å². The molecule has 11 heteroatoms. The lowest BCUT2D eigenvalue weighted by Gasteiger charge is -2.23. The smallest absolute Gasteiger partial charge is 0.408 e. The molecule has 0 fully saturated rings. The first-order valence-corrected chi connectivity index (χ1v) is 13.0. The van der Waals surface area contributed by atoms with Gasteiger partial charge in [0.25, 0.3) is 0 Å². The number of alkyl carbamates (subject to hydrolysis) is 2. The Kier molecular flexibility index (Phi) is 11.8. The molecule has 5 N–H and O–H groups in total. The number of carboxylic acid groups (broad SMARTS) is 1. The fraction of sp³-hybridized carbons (Fsp3) is 0.448. The van der Waals surface area contributed by atoms with Gasteiger partial charge in [-0.25, -0.2) is 14.4 Å². The first-order valence-electron chi connectivity index (χ1n) is 13.0. The Morgan fingerprint density at radius 2 is 1.55 bits per heavy atom. The maximum absolute atomic E-state index is 13.2. The molecular formula is C29H39N3O8. The Morgan fingerprint density at radius 3 is 2.12 bits per heavy atom. The molecule has 40 heavy (non-hydrogen) atoms. The molecule has 2 atom stereocenters. The van der Waals surface area contributed by atoms with Crippen molar-refractivity contribution in [2.24, 2.45) is 0 Å². The minimum Gasteiger partial charge on any atom is -0.508 e. The van der Waals surface area contributed by atoms with Crippen LogP contribution in [0, 0.1) is 13.8 Å². The van der Waals surface area contributed by atoms with Crippen molar-refractivity contribution in [1.82, 2.24) is 16.0 Å². The highest BCUT2D eigenvalue weighted by Crippen LogP contribution is 2.22. The number of aromatic hydroxyl groups is 1. The van der Waals surface area contributed by atoms with Crippen LogP contribution in [0.1, 0.15) is 55.9 Å². The Morgan fingerprint density at radius 1 is 0.925 bits per heavy atom. The van der Waals surface area contributed by atoms with Crippen molar-refractivity contribution in [3.63, 3.8) is 0 Å². The van der Waals surface area contributed by atoms with E-state index in [4.69, 9.17) is 9.47 Å². The number of carboxylic acids is 1. The number of nitrogens with one attached hydrogen (secondary N) is 3. The summed E-state index contributed by atoms with van der Waals surface area (Å²) in [5, 5.41) is 27.2. The van der Waals surface area contributed by atoms with Gasteiger partial charge in [0, 0.05) is 13.0 Å². The highest BCUT2D eigenvalue weighted by molar-refractivity contribution is 5.89. The summed E-state index contributed by atoms with van der Waals surface area (Å²) >= 11 is 0. The van der Waals surface area contributed by atoms with Crippen molar-refractivity contribution >= 4 is 24.1 Å². The number of hydrogen-bond donors (Lipinski definition) is 5. The van der Waals surface area contributed by atoms with E-state index in [0.717, 1.165) is 5.56 Å². The molecule has 0 aliphatic carbocycles. The molecule has 0 saturated heterocycles. The third kappa shape index (κ3) is 11.2. The molecule has 218 valence electrons. The van der Waals surface area contributed by atoms with Gasteiger partial charge in [-0.1, -0.05) is 30.3 Å². The summed E-state index contributed by atoms with van der Waals surface area (Å²) < 4.78 is 10.4. The van der Waals surface area contributed by atoms with Crippen molar-refractivity contribution in [1.29, 1.82) is 0 Å². The number of aliphatic carboxylic acids is 1. The van der Waals surface area contributed by atoms with Crippen LogP contribution in [0.2, 0.25) is 0 Å². The Labute approximate surface area is 234 Å². The summed E-state index contributed by atoms with van der Waals surface area (Å²) in [5.74, 6) is -1.90. The van der Waals surface area contributed by atoms with E-state index in [-0.39, 0.29) is 38.2 Å². The quantitative estimate of drug-likeness (QED) is 0.247. The van der Waals surface area contributed by atoms with Gasteiger partial charge in [0.1, 0.15) is 30.0 Å². The maximum Gasteiger partial charge on any atom is 0.408 e. The van der Waals surface area contributed by atoms with Gasteiger partial charge < -0.3 is 35.6 Å². The van der Waals surface area contributed by atoms with Crippen LogP contribution in [0.4, 0.5) is 9.59 Å². The van der Waals surface area contributed by atoms with E-state index in [1.165, 1.54) is 12.1 Å². The van der Waals surface area contributed by atoms with Crippen molar-refractivity contribution in [2.45, 2.75) is 78.2 Å². The maximum atomic E-state index is 13.2. The fourth-order valence-electron chi connectivity index (χ4n) is 3.96. The number of ether oxygens (including phenoxy) is 2. The number of aryl methyl sites for hydroxylation is 2. The van der Waals surface area contributed by atoms with Gasteiger partial charge in [0.15, 0.2) is 0 Å². The third-order valence-corrected chi connectivity index (χ3v) is 5.86. The zero-order valence-electron chi connectivity index (χ0n) is 23.6. The zero-order valence-corrected chi connectivity index (χ0v) is 23.6. The molecule has 2 rings (SSSR count). The SMILES string of the molecule is Cc1cc(O)cc(C)c1C[C@H](NC(=O)[C@@H](CCCNC(=O)OC(C)(C)C)NC(=O)OCc1ccccc1)C(=O)O. The standard InChI is InChI=1S/C29H39N3O8/c1-18-14-21(33)15-19(2)22(18)16-24(26(35)36)31-25(34)23(12-9-13-30-27(37)40-29(3,4)5)32-28(38)39-17-20-10-7-6-8-11-20/h6-8,10-11,14-15,23-24,33H,9,12-13,16-17H2,1-5H3,(H,30,37)(H,31,34)(H,32,38)(H,35,36)/t23-,24+/m1/s1. The molecule has 0 bridgehead atoms. The highest BCUT2D eigenvalue weighted by Gasteiger charge is 2.28. The van der Waals surface area contributed by atoms with Gasteiger partial charge in [-0.3, -0.25) is 4.79 Å². The monoisotopic (exact) mass is 557 g/mol. The van der Waals surface area contributed by atoms with E-state index in [0.29, 0.717) is 16.7 Å². The van der Waals surface area contributed by atoms with Crippen LogP contribution in [0.3, 0.4) is 0 Å². The molecule has 2 aromatic carbocycles. The lowest BCUT2D eigenvalue weighted by molar-refractivity contribution is -0.142. The van der Waals surface area contributed by atoms with Gasteiger partial charge in [0.2, 0.25) is 5.91 Å². The van der Waals surface area contributed by atoms with E-state index in [1.54, 1.807) is 58.9 Å². The molecule has 0 saturated carbocycles. The molecule has 0 radical (unpaired) electrons. The lowest BCUT2D eigenvalue weighted by atomic mass is 9.95. The zero-order chi connectivity index (χ0) is 29.9. The molecule has 0 aromatic heterocycles. The summed E-state index contributed by atoms with van der Waals surface area (Å²) in [4.78, 5) is 49.7. The number of benzene rings is 2. The number of hydrogen-bond acceptors (Lipinski definition) is 7. The van der Waals surface area contributed by atoms with Crippen LogP contribution in [0.5, 0.6) is 5.75 Å². The molecule has 0 aliphatic rings. The molecule has 11 nitrogen and oxygen atoms in total. The predicted octanol–water partition coefficient (Wildman–Crippen LogP) is 3.72. The van der Waals surface area contributed by atoms with Gasteiger partial charge in [-0.15, -0.1) is 0 Å². The number of phenolic OH excluding ortho intramolecular Hbond substituents is 1. The number of carbonyl (C=O) groups is 4. The summed E-state index contributed by atoms with van der Waals surface area (Å²) in [6, 6.07) is 9.61. The molecule has 3 amide bonds. The molecule has 0 aliphatic heterocycles. The average Bonchev–Trinajstić information content (AvgIpc) is 2.85. The van der Waals surface area contributed by atoms with E-state index in [2.05, 4.69) is 16.0 Å². The number of carbonyl (C=O) groups excluding carboxylic acids is 3. The minimum absolute atomic E-state index is 0.0155. The van der Waals surface area contributed by atoms with Crippen molar-refractivity contribution in [2.75, 3.05) is 6.54 Å². The van der Waals surface area contributed by atoms with Crippen molar-refractivity contribution in [3.05, 3.63) is 64.7 Å². The van der Waals surface area contributed by atoms with Crippen LogP contribution >= 0.6 is 0 Å². The summed E-state index contributed by atoms with van der Waals surface area (Å²) in [6.07, 6.45) is -1.11. The molecule has 0 heterocycles. The van der Waals surface area contributed by atoms with E-state index in [9.17, 15) is 29.4 Å². The summed E-state index contributed by atoms with van der Waals surface area (Å²) in [5.41, 5.74) is 2.14. The highest BCUT2D eigenvalue weighted by atomic mass is 16.6. The van der Waals surface area contributed by atoms with Gasteiger partial charge in [-0.05, 0) is 81.8 Å². The number of amides is 3. The lowest BCUT2D eigenvalue weighted by Crippen LogP contribution is -2.52. The van der Waals surface area contributed by atoms with Gasteiger partial charge in [0.05, 0.1) is 0 Å². The molecule has 2 aromatic rings. The Bertz CT molecular complexity index is 1150. The molecule has 0 unspecified atom stereocenters. The summed E-state index contributed by atoms with van der Waals surface area (Å²) in [6.45, 7) is 8.83. The Balaban J connectivity index is 2.08. The second-order valence-corrected chi connectivity index (χ2v) is 10.5. The van der Waals surface area contributed by atoms with Gasteiger partial charge in [-0.2, -0.15) is 0 Å². The Hall–Kier alpha value is -4.28. The van der Waals surface area contributed by atoms with Crippen LogP contribution in [-0.4, -0.2) is 58.5 Å². The topological polar surface area (TPSA) is 163 Å². The second kappa shape index (κ2) is 14.8. The first-order chi connectivity index (χ1) is 18.7. The summed E-state index contributed by atoms with van der Waals surface area (Å²) in [7, 11) is 0. The van der Waals surface area contributed by atoms with Crippen LogP contribution < -0.4 is 16.0 Å². The van der Waals surface area contributed by atoms with Crippen LogP contribution in [0.25, 0.3) is 0 Å². The van der Waals surface area contributed by atoms with E-state index < -0.39 is 41.7 Å². The first kappa shape index (κ1) is 31.9. The predicted molar refractivity (Wildman–Crippen MR) is 148 cm³/mol. The minimum atomic E-state index is -1.29.